The number of amides is 1. The minimum Gasteiger partial charge on any atom is -0.497 e. The summed E-state index contributed by atoms with van der Waals surface area (Å²) in [4.78, 5) is 15.7. The Hall–Kier alpha value is -2.02. The molecule has 0 bridgehead atoms. The zero-order chi connectivity index (χ0) is 15.9. The maximum absolute atomic E-state index is 12.5. The number of methoxy groups -OCH3 is 1. The molecule has 1 saturated heterocycles. The molecule has 0 aliphatic carbocycles. The van der Waals surface area contributed by atoms with Gasteiger partial charge < -0.3 is 15.0 Å². The van der Waals surface area contributed by atoms with Gasteiger partial charge in [0.15, 0.2) is 9.84 Å². The molecule has 2 aromatic rings. The van der Waals surface area contributed by atoms with Crippen LogP contribution in [0.25, 0.3) is 10.9 Å². The Balaban J connectivity index is 1.89. The first-order valence-corrected chi connectivity index (χ1v) is 8.89. The van der Waals surface area contributed by atoms with Crippen molar-refractivity contribution in [1.29, 1.82) is 0 Å². The predicted molar refractivity (Wildman–Crippen MR) is 84.1 cm³/mol. The summed E-state index contributed by atoms with van der Waals surface area (Å²) in [6.07, 6.45) is 0.475. The molecule has 6 nitrogen and oxygen atoms in total. The fourth-order valence-corrected chi connectivity index (χ4v) is 4.57. The summed E-state index contributed by atoms with van der Waals surface area (Å²) >= 11 is 0. The van der Waals surface area contributed by atoms with Gasteiger partial charge in [-0.3, -0.25) is 4.79 Å². The Kier molecular flexibility index (Phi) is 3.60. The minimum atomic E-state index is -3.01. The Morgan fingerprint density at radius 3 is 2.82 bits per heavy atom. The van der Waals surface area contributed by atoms with E-state index in [1.54, 1.807) is 13.2 Å². The number of hydrogen-bond acceptors (Lipinski definition) is 4. The van der Waals surface area contributed by atoms with E-state index < -0.39 is 9.84 Å². The molecule has 0 spiro atoms. The molecular formula is C15H18N2O4S. The molecular weight excluding hydrogens is 304 g/mol. The van der Waals surface area contributed by atoms with Crippen LogP contribution in [0.4, 0.5) is 0 Å². The van der Waals surface area contributed by atoms with Crippen LogP contribution in [0, 0.1) is 6.92 Å². The van der Waals surface area contributed by atoms with Crippen molar-refractivity contribution in [3.8, 4) is 5.75 Å². The summed E-state index contributed by atoms with van der Waals surface area (Å²) in [5.74, 6) is 0.634. The van der Waals surface area contributed by atoms with Gasteiger partial charge >= 0.3 is 0 Å². The summed E-state index contributed by atoms with van der Waals surface area (Å²) in [6, 6.07) is 5.16. The van der Waals surface area contributed by atoms with Crippen LogP contribution in [-0.4, -0.2) is 44.0 Å². The first-order chi connectivity index (χ1) is 10.4. The van der Waals surface area contributed by atoms with Crippen LogP contribution in [0.3, 0.4) is 0 Å². The van der Waals surface area contributed by atoms with Crippen molar-refractivity contribution in [3.63, 3.8) is 0 Å². The molecule has 22 heavy (non-hydrogen) atoms. The van der Waals surface area contributed by atoms with E-state index in [0.717, 1.165) is 16.6 Å². The molecule has 2 N–H and O–H groups in total. The van der Waals surface area contributed by atoms with Crippen LogP contribution in [0.15, 0.2) is 18.2 Å². The molecule has 7 heteroatoms. The second-order valence-corrected chi connectivity index (χ2v) is 7.84. The van der Waals surface area contributed by atoms with E-state index in [2.05, 4.69) is 10.3 Å². The molecule has 0 radical (unpaired) electrons. The van der Waals surface area contributed by atoms with Crippen molar-refractivity contribution in [2.75, 3.05) is 18.6 Å². The second-order valence-electron chi connectivity index (χ2n) is 5.61. The Bertz CT molecular complexity index is 839. The van der Waals surface area contributed by atoms with Crippen molar-refractivity contribution in [2.45, 2.75) is 19.4 Å². The first kappa shape index (κ1) is 14.9. The number of fused-ring (bicyclic) bond motifs is 1. The number of aryl methyl sites for hydroxylation is 1. The van der Waals surface area contributed by atoms with Crippen molar-refractivity contribution < 1.29 is 17.9 Å². The van der Waals surface area contributed by atoms with Crippen LogP contribution in [0.5, 0.6) is 5.75 Å². The van der Waals surface area contributed by atoms with E-state index in [1.165, 1.54) is 0 Å². The summed E-state index contributed by atoms with van der Waals surface area (Å²) in [7, 11) is -1.42. The average molecular weight is 322 g/mol. The smallest absolute Gasteiger partial charge is 0.253 e. The molecule has 1 amide bonds. The lowest BCUT2D eigenvalue weighted by molar-refractivity contribution is 0.0942. The van der Waals surface area contributed by atoms with E-state index in [1.807, 2.05) is 19.1 Å². The standard InChI is InChI=1S/C15H18N2O4S/c1-9-14(12-4-3-11(21-2)7-13(12)16-9)15(18)17-10-5-6-22(19,20)8-10/h3-4,7,10,16H,5-6,8H2,1-2H3,(H,17,18). The predicted octanol–water partition coefficient (Wildman–Crippen LogP) is 1.40. The monoisotopic (exact) mass is 322 g/mol. The van der Waals surface area contributed by atoms with Crippen LogP contribution >= 0.6 is 0 Å². The van der Waals surface area contributed by atoms with Gasteiger partial charge in [-0.05, 0) is 25.5 Å². The highest BCUT2D eigenvalue weighted by Gasteiger charge is 2.30. The molecule has 2 heterocycles. The van der Waals surface area contributed by atoms with Gasteiger partial charge in [-0.15, -0.1) is 0 Å². The fourth-order valence-electron chi connectivity index (χ4n) is 2.90. The lowest BCUT2D eigenvalue weighted by Crippen LogP contribution is -2.35. The molecule has 1 aromatic carbocycles. The van der Waals surface area contributed by atoms with E-state index in [4.69, 9.17) is 4.74 Å². The zero-order valence-corrected chi connectivity index (χ0v) is 13.3. The van der Waals surface area contributed by atoms with E-state index in [0.29, 0.717) is 17.7 Å². The number of aromatic nitrogens is 1. The first-order valence-electron chi connectivity index (χ1n) is 7.07. The number of benzene rings is 1. The molecule has 1 atom stereocenters. The highest BCUT2D eigenvalue weighted by Crippen LogP contribution is 2.26. The maximum Gasteiger partial charge on any atom is 0.253 e. The van der Waals surface area contributed by atoms with Gasteiger partial charge in [-0.25, -0.2) is 8.42 Å². The van der Waals surface area contributed by atoms with Crippen LogP contribution in [-0.2, 0) is 9.84 Å². The summed E-state index contributed by atoms with van der Waals surface area (Å²) in [5, 5.41) is 3.63. The van der Waals surface area contributed by atoms with Gasteiger partial charge in [0, 0.05) is 23.2 Å². The lowest BCUT2D eigenvalue weighted by Gasteiger charge is -2.11. The maximum atomic E-state index is 12.5. The quantitative estimate of drug-likeness (QED) is 0.894. The van der Waals surface area contributed by atoms with Gasteiger partial charge in [0.05, 0.1) is 29.7 Å². The Morgan fingerprint density at radius 1 is 1.41 bits per heavy atom. The third kappa shape index (κ3) is 2.68. The number of ether oxygens (including phenoxy) is 1. The molecule has 1 fully saturated rings. The number of sulfone groups is 1. The zero-order valence-electron chi connectivity index (χ0n) is 12.5. The third-order valence-corrected chi connectivity index (χ3v) is 5.76. The number of H-pyrrole nitrogens is 1. The number of hydrogen-bond donors (Lipinski definition) is 2. The molecule has 1 aliphatic heterocycles. The number of carbonyl (C=O) groups is 1. The number of nitrogens with one attached hydrogen (secondary N) is 2. The van der Waals surface area contributed by atoms with Gasteiger partial charge in [-0.1, -0.05) is 0 Å². The van der Waals surface area contributed by atoms with Gasteiger partial charge in [0.2, 0.25) is 0 Å². The van der Waals surface area contributed by atoms with Crippen molar-refractivity contribution in [3.05, 3.63) is 29.5 Å². The second kappa shape index (κ2) is 5.31. The van der Waals surface area contributed by atoms with Crippen LogP contribution < -0.4 is 10.1 Å². The van der Waals surface area contributed by atoms with E-state index in [-0.39, 0.29) is 23.5 Å². The molecule has 1 aliphatic rings. The summed E-state index contributed by atoms with van der Waals surface area (Å²) < 4.78 is 28.2. The average Bonchev–Trinajstić information content (AvgIpc) is 2.96. The number of carbonyl (C=O) groups excluding carboxylic acids is 1. The fraction of sp³-hybridized carbons (Fsp3) is 0.400. The Labute approximate surface area is 128 Å². The molecule has 3 rings (SSSR count). The highest BCUT2D eigenvalue weighted by atomic mass is 32.2. The minimum absolute atomic E-state index is 0.0218. The van der Waals surface area contributed by atoms with E-state index in [9.17, 15) is 13.2 Å². The SMILES string of the molecule is COc1ccc2c(C(=O)NC3CCS(=O)(=O)C3)c(C)[nH]c2c1. The van der Waals surface area contributed by atoms with Crippen LogP contribution in [0.1, 0.15) is 22.5 Å². The topological polar surface area (TPSA) is 88.3 Å². The van der Waals surface area contributed by atoms with Gasteiger partial charge in [0.25, 0.3) is 5.91 Å². The number of rotatable bonds is 3. The lowest BCUT2D eigenvalue weighted by atomic mass is 10.1. The van der Waals surface area contributed by atoms with Gasteiger partial charge in [0.1, 0.15) is 5.75 Å². The van der Waals surface area contributed by atoms with Crippen LogP contribution in [0.2, 0.25) is 0 Å². The van der Waals surface area contributed by atoms with Crippen molar-refractivity contribution in [2.24, 2.45) is 0 Å². The normalized spacial score (nSPS) is 20.2. The molecule has 1 unspecified atom stereocenters. The summed E-state index contributed by atoms with van der Waals surface area (Å²) in [6.45, 7) is 1.83. The molecule has 0 saturated carbocycles. The Morgan fingerprint density at radius 2 is 2.18 bits per heavy atom. The largest absolute Gasteiger partial charge is 0.497 e. The van der Waals surface area contributed by atoms with Crippen molar-refractivity contribution >= 4 is 26.6 Å². The number of aromatic amines is 1. The van der Waals surface area contributed by atoms with Crippen molar-refractivity contribution in [1.82, 2.24) is 10.3 Å². The summed E-state index contributed by atoms with van der Waals surface area (Å²) in [5.41, 5.74) is 2.13. The van der Waals surface area contributed by atoms with E-state index >= 15 is 0 Å². The van der Waals surface area contributed by atoms with Gasteiger partial charge in [-0.2, -0.15) is 0 Å². The third-order valence-electron chi connectivity index (χ3n) is 3.99. The molecule has 118 valence electrons. The molecule has 1 aromatic heterocycles. The highest BCUT2D eigenvalue weighted by molar-refractivity contribution is 7.91.